The first-order chi connectivity index (χ1) is 13.4. The Hall–Kier alpha value is -2.93. The van der Waals surface area contributed by atoms with Gasteiger partial charge in [-0.15, -0.1) is 0 Å². The van der Waals surface area contributed by atoms with E-state index in [-0.39, 0.29) is 5.41 Å². The summed E-state index contributed by atoms with van der Waals surface area (Å²) in [5, 5.41) is 11.4. The summed E-state index contributed by atoms with van der Waals surface area (Å²) in [6.45, 7) is 9.17. The van der Waals surface area contributed by atoms with E-state index < -0.39 is 0 Å². The minimum absolute atomic E-state index is 0.129. The minimum atomic E-state index is 0.129. The van der Waals surface area contributed by atoms with Crippen LogP contribution < -0.4 is 10.3 Å². The molecule has 6 nitrogen and oxygen atoms in total. The van der Waals surface area contributed by atoms with Crippen LogP contribution in [0.1, 0.15) is 38.8 Å². The Balaban J connectivity index is 1.75. The van der Waals surface area contributed by atoms with E-state index in [1.54, 1.807) is 10.9 Å². The third-order valence-electron chi connectivity index (χ3n) is 4.24. The minimum Gasteiger partial charge on any atom is -0.494 e. The van der Waals surface area contributed by atoms with Crippen LogP contribution in [0.5, 0.6) is 5.75 Å². The van der Waals surface area contributed by atoms with Crippen LogP contribution in [0, 0.1) is 4.77 Å². The molecule has 2 aromatic carbocycles. The SMILES string of the molecule is CCOc1ccc(-c2n[nH]c(=S)n2N/N=C\c2ccc(C(C)(C)C)cc2)cc1. The lowest BCUT2D eigenvalue weighted by molar-refractivity contribution is 0.340. The standard InChI is InChI=1S/C21H25N5OS/c1-5-27-18-12-8-16(9-13-18)19-23-24-20(28)26(19)25-22-14-15-6-10-17(11-7-15)21(2,3)4/h6-14,25H,5H2,1-4H3,(H,24,28)/b22-14-. The molecule has 3 aromatic rings. The van der Waals surface area contributed by atoms with Crippen LogP contribution in [0.3, 0.4) is 0 Å². The fourth-order valence-electron chi connectivity index (χ4n) is 2.68. The highest BCUT2D eigenvalue weighted by atomic mass is 32.1. The summed E-state index contributed by atoms with van der Waals surface area (Å²) >= 11 is 5.31. The summed E-state index contributed by atoms with van der Waals surface area (Å²) in [5.41, 5.74) is 6.26. The van der Waals surface area contributed by atoms with Gasteiger partial charge in [0, 0.05) is 5.56 Å². The number of rotatable bonds is 6. The van der Waals surface area contributed by atoms with Crippen molar-refractivity contribution >= 4 is 18.4 Å². The fraction of sp³-hybridized carbons (Fsp3) is 0.286. The Labute approximate surface area is 170 Å². The lowest BCUT2D eigenvalue weighted by atomic mass is 9.87. The summed E-state index contributed by atoms with van der Waals surface area (Å²) in [7, 11) is 0. The van der Waals surface area contributed by atoms with Gasteiger partial charge in [-0.25, -0.2) is 10.6 Å². The smallest absolute Gasteiger partial charge is 0.216 e. The Morgan fingerprint density at radius 2 is 1.82 bits per heavy atom. The highest BCUT2D eigenvalue weighted by Gasteiger charge is 2.12. The molecule has 0 aliphatic heterocycles. The van der Waals surface area contributed by atoms with Crippen LogP contribution in [0.2, 0.25) is 0 Å². The second kappa shape index (κ2) is 8.39. The molecule has 146 valence electrons. The second-order valence-corrected chi connectivity index (χ2v) is 7.76. The lowest BCUT2D eigenvalue weighted by Gasteiger charge is -2.18. The van der Waals surface area contributed by atoms with Crippen LogP contribution in [0.15, 0.2) is 53.6 Å². The Bertz CT molecular complexity index is 995. The van der Waals surface area contributed by atoms with Crippen molar-refractivity contribution < 1.29 is 4.74 Å². The number of H-pyrrole nitrogens is 1. The van der Waals surface area contributed by atoms with Gasteiger partial charge >= 0.3 is 0 Å². The molecule has 0 unspecified atom stereocenters. The molecule has 0 spiro atoms. The molecule has 28 heavy (non-hydrogen) atoms. The first-order valence-corrected chi connectivity index (χ1v) is 9.59. The van der Waals surface area contributed by atoms with E-state index in [0.717, 1.165) is 16.9 Å². The zero-order valence-corrected chi connectivity index (χ0v) is 17.4. The average molecular weight is 396 g/mol. The van der Waals surface area contributed by atoms with E-state index in [2.05, 4.69) is 53.7 Å². The first kappa shape index (κ1) is 19.8. The van der Waals surface area contributed by atoms with Crippen molar-refractivity contribution in [2.24, 2.45) is 5.10 Å². The quantitative estimate of drug-likeness (QED) is 0.355. The number of hydrogen-bond acceptors (Lipinski definition) is 5. The van der Waals surface area contributed by atoms with Gasteiger partial charge in [-0.1, -0.05) is 45.0 Å². The van der Waals surface area contributed by atoms with Crippen molar-refractivity contribution in [3.8, 4) is 17.1 Å². The molecule has 0 saturated heterocycles. The highest BCUT2D eigenvalue weighted by molar-refractivity contribution is 7.71. The predicted molar refractivity (Wildman–Crippen MR) is 116 cm³/mol. The summed E-state index contributed by atoms with van der Waals surface area (Å²) < 4.78 is 7.54. The van der Waals surface area contributed by atoms with Crippen molar-refractivity contribution in [3.05, 3.63) is 64.4 Å². The third-order valence-corrected chi connectivity index (χ3v) is 4.52. The molecule has 0 aliphatic rings. The molecule has 1 heterocycles. The van der Waals surface area contributed by atoms with E-state index in [0.29, 0.717) is 17.2 Å². The molecular weight excluding hydrogens is 370 g/mol. The van der Waals surface area contributed by atoms with E-state index in [1.165, 1.54) is 5.56 Å². The summed E-state index contributed by atoms with van der Waals surface area (Å²) in [6, 6.07) is 16.0. The summed E-state index contributed by atoms with van der Waals surface area (Å²) in [5.74, 6) is 1.46. The van der Waals surface area contributed by atoms with Gasteiger partial charge in [-0.3, -0.25) is 0 Å². The van der Waals surface area contributed by atoms with Gasteiger partial charge in [0.05, 0.1) is 12.8 Å². The second-order valence-electron chi connectivity index (χ2n) is 7.38. The zero-order chi connectivity index (χ0) is 20.1. The molecule has 2 N–H and O–H groups in total. The number of hydrogen-bond donors (Lipinski definition) is 2. The number of nitrogens with zero attached hydrogens (tertiary/aromatic N) is 3. The van der Waals surface area contributed by atoms with Crippen LogP contribution in [-0.2, 0) is 5.41 Å². The van der Waals surface area contributed by atoms with Crippen LogP contribution in [0.4, 0.5) is 0 Å². The molecule has 0 fully saturated rings. The van der Waals surface area contributed by atoms with Crippen molar-refractivity contribution in [1.82, 2.24) is 14.9 Å². The normalized spacial score (nSPS) is 11.7. The molecule has 0 bridgehead atoms. The molecular formula is C21H25N5OS. The van der Waals surface area contributed by atoms with Gasteiger partial charge in [-0.05, 0) is 59.9 Å². The number of hydrazone groups is 1. The molecule has 3 rings (SSSR count). The largest absolute Gasteiger partial charge is 0.494 e. The Kier molecular flexibility index (Phi) is 5.94. The van der Waals surface area contributed by atoms with E-state index in [4.69, 9.17) is 17.0 Å². The van der Waals surface area contributed by atoms with Crippen molar-refractivity contribution in [3.63, 3.8) is 0 Å². The maximum Gasteiger partial charge on any atom is 0.216 e. The average Bonchev–Trinajstić information content (AvgIpc) is 3.03. The number of benzene rings is 2. The molecule has 0 atom stereocenters. The highest BCUT2D eigenvalue weighted by Crippen LogP contribution is 2.22. The van der Waals surface area contributed by atoms with Gasteiger partial charge < -0.3 is 4.74 Å². The van der Waals surface area contributed by atoms with Crippen molar-refractivity contribution in [2.75, 3.05) is 12.1 Å². The Morgan fingerprint density at radius 3 is 2.43 bits per heavy atom. The van der Waals surface area contributed by atoms with E-state index >= 15 is 0 Å². The molecule has 0 amide bonds. The van der Waals surface area contributed by atoms with E-state index in [1.807, 2.05) is 43.3 Å². The molecule has 0 aliphatic carbocycles. The van der Waals surface area contributed by atoms with Crippen LogP contribution >= 0.6 is 12.2 Å². The van der Waals surface area contributed by atoms with Gasteiger partial charge in [-0.2, -0.15) is 14.9 Å². The topological polar surface area (TPSA) is 67.2 Å². The maximum atomic E-state index is 5.48. The zero-order valence-electron chi connectivity index (χ0n) is 16.6. The monoisotopic (exact) mass is 395 g/mol. The number of ether oxygens (including phenoxy) is 1. The van der Waals surface area contributed by atoms with Crippen LogP contribution in [0.25, 0.3) is 11.4 Å². The maximum absolute atomic E-state index is 5.48. The number of nitrogens with one attached hydrogen (secondary N) is 2. The molecule has 1 aromatic heterocycles. The first-order valence-electron chi connectivity index (χ1n) is 9.19. The molecule has 0 saturated carbocycles. The Morgan fingerprint density at radius 1 is 1.14 bits per heavy atom. The van der Waals surface area contributed by atoms with E-state index in [9.17, 15) is 0 Å². The molecule has 7 heteroatoms. The van der Waals surface area contributed by atoms with Gasteiger partial charge in [0.25, 0.3) is 0 Å². The predicted octanol–water partition coefficient (Wildman–Crippen LogP) is 4.88. The number of aromatic nitrogens is 3. The summed E-state index contributed by atoms with van der Waals surface area (Å²) in [6.07, 6.45) is 1.75. The fourth-order valence-corrected chi connectivity index (χ4v) is 2.85. The molecule has 0 radical (unpaired) electrons. The van der Waals surface area contributed by atoms with Gasteiger partial charge in [0.1, 0.15) is 5.75 Å². The van der Waals surface area contributed by atoms with Crippen LogP contribution in [-0.4, -0.2) is 27.7 Å². The third kappa shape index (κ3) is 4.67. The number of aromatic amines is 1. The van der Waals surface area contributed by atoms with Crippen molar-refractivity contribution in [2.45, 2.75) is 33.1 Å². The van der Waals surface area contributed by atoms with Crippen molar-refractivity contribution in [1.29, 1.82) is 0 Å². The summed E-state index contributed by atoms with van der Waals surface area (Å²) in [4.78, 5) is 0. The van der Waals surface area contributed by atoms with Gasteiger partial charge in [0.15, 0.2) is 5.82 Å². The van der Waals surface area contributed by atoms with Gasteiger partial charge in [0.2, 0.25) is 4.77 Å². The lowest BCUT2D eigenvalue weighted by Crippen LogP contribution is -2.11.